The first kappa shape index (κ1) is 25.0. The zero-order valence-electron chi connectivity index (χ0n) is 18.9. The van der Waals surface area contributed by atoms with Crippen molar-refractivity contribution in [3.05, 3.63) is 70.8 Å². The van der Waals surface area contributed by atoms with Crippen molar-refractivity contribution in [2.24, 2.45) is 5.92 Å². The fourth-order valence-corrected chi connectivity index (χ4v) is 5.01. The van der Waals surface area contributed by atoms with E-state index in [1.807, 2.05) is 37.4 Å². The van der Waals surface area contributed by atoms with Crippen LogP contribution in [0.1, 0.15) is 54.0 Å². The standard InChI is InChI=1S/C25H27F6NO2/c1-15(17-12-18(24(26,27)28)14-19(13-17)25(29,30)31)34-23-22(16-6-4-3-5-7-16)20(9-11-33-23)21-8-10-32(21)2/h3-7,12-15,20-23H,8-11H2,1-2H3/t15?,20-,21+,22-,23+/m0/s1. The van der Waals surface area contributed by atoms with Gasteiger partial charge < -0.3 is 14.4 Å². The Labute approximate surface area is 194 Å². The molecule has 2 aliphatic rings. The molecule has 0 radical (unpaired) electrons. The molecule has 186 valence electrons. The number of nitrogens with zero attached hydrogens (tertiary/aromatic N) is 1. The van der Waals surface area contributed by atoms with Crippen molar-refractivity contribution < 1.29 is 35.8 Å². The molecule has 2 saturated heterocycles. The van der Waals surface area contributed by atoms with Crippen LogP contribution in [0, 0.1) is 5.92 Å². The highest BCUT2D eigenvalue weighted by molar-refractivity contribution is 5.35. The lowest BCUT2D eigenvalue weighted by atomic mass is 9.74. The lowest BCUT2D eigenvalue weighted by Gasteiger charge is -2.49. The molecule has 0 N–H and O–H groups in total. The Balaban J connectivity index is 1.65. The summed E-state index contributed by atoms with van der Waals surface area (Å²) < 4.78 is 92.0. The van der Waals surface area contributed by atoms with Gasteiger partial charge in [-0.15, -0.1) is 0 Å². The zero-order chi connectivity index (χ0) is 24.7. The first-order chi connectivity index (χ1) is 15.9. The van der Waals surface area contributed by atoms with Crippen LogP contribution < -0.4 is 0 Å². The maximum absolute atomic E-state index is 13.3. The van der Waals surface area contributed by atoms with E-state index in [-0.39, 0.29) is 23.5 Å². The first-order valence-electron chi connectivity index (χ1n) is 11.3. The van der Waals surface area contributed by atoms with Crippen molar-refractivity contribution in [3.63, 3.8) is 0 Å². The number of hydrogen-bond donors (Lipinski definition) is 0. The highest BCUT2D eigenvalue weighted by Gasteiger charge is 2.45. The summed E-state index contributed by atoms with van der Waals surface area (Å²) in [6.45, 7) is 2.85. The molecule has 0 spiro atoms. The lowest BCUT2D eigenvalue weighted by molar-refractivity contribution is -0.217. The predicted octanol–water partition coefficient (Wildman–Crippen LogP) is 6.65. The topological polar surface area (TPSA) is 21.7 Å². The lowest BCUT2D eigenvalue weighted by Crippen LogP contribution is -2.54. The maximum Gasteiger partial charge on any atom is 0.416 e. The van der Waals surface area contributed by atoms with Crippen LogP contribution in [-0.2, 0) is 21.8 Å². The molecule has 0 amide bonds. The summed E-state index contributed by atoms with van der Waals surface area (Å²) in [4.78, 5) is 2.26. The van der Waals surface area contributed by atoms with Gasteiger partial charge in [0.1, 0.15) is 0 Å². The predicted molar refractivity (Wildman–Crippen MR) is 114 cm³/mol. The van der Waals surface area contributed by atoms with E-state index in [0.29, 0.717) is 12.6 Å². The van der Waals surface area contributed by atoms with Gasteiger partial charge in [0, 0.05) is 12.0 Å². The summed E-state index contributed by atoms with van der Waals surface area (Å²) in [5.41, 5.74) is -1.93. The molecule has 3 nitrogen and oxygen atoms in total. The van der Waals surface area contributed by atoms with Crippen LogP contribution in [0.3, 0.4) is 0 Å². The van der Waals surface area contributed by atoms with E-state index in [9.17, 15) is 26.3 Å². The van der Waals surface area contributed by atoms with Gasteiger partial charge in [0.15, 0.2) is 6.29 Å². The monoisotopic (exact) mass is 487 g/mol. The molecule has 4 rings (SSSR count). The average molecular weight is 487 g/mol. The number of benzene rings is 2. The average Bonchev–Trinajstić information content (AvgIpc) is 2.77. The normalized spacial score (nSPS) is 27.3. The summed E-state index contributed by atoms with van der Waals surface area (Å²) in [5, 5.41) is 0. The molecule has 2 aromatic carbocycles. The Morgan fingerprint density at radius 2 is 1.56 bits per heavy atom. The van der Waals surface area contributed by atoms with E-state index >= 15 is 0 Å². The van der Waals surface area contributed by atoms with Crippen molar-refractivity contribution in [2.75, 3.05) is 20.2 Å². The Hall–Kier alpha value is -2.10. The molecular formula is C25H27F6NO2. The highest BCUT2D eigenvalue weighted by Crippen LogP contribution is 2.44. The molecule has 9 heteroatoms. The summed E-state index contributed by atoms with van der Waals surface area (Å²) in [6, 6.07) is 11.5. The molecule has 0 saturated carbocycles. The van der Waals surface area contributed by atoms with Gasteiger partial charge in [-0.3, -0.25) is 0 Å². The molecular weight excluding hydrogens is 460 g/mol. The molecule has 34 heavy (non-hydrogen) atoms. The molecule has 1 unspecified atom stereocenters. The van der Waals surface area contributed by atoms with E-state index in [4.69, 9.17) is 9.47 Å². The minimum absolute atomic E-state index is 0.128. The van der Waals surface area contributed by atoms with Gasteiger partial charge in [0.25, 0.3) is 0 Å². The molecule has 2 aromatic rings. The Morgan fingerprint density at radius 3 is 2.06 bits per heavy atom. The van der Waals surface area contributed by atoms with Crippen molar-refractivity contribution in [3.8, 4) is 0 Å². The Morgan fingerprint density at radius 1 is 0.941 bits per heavy atom. The second kappa shape index (κ2) is 9.51. The number of likely N-dealkylation sites (tertiary alicyclic amines) is 1. The van der Waals surface area contributed by atoms with Crippen LogP contribution in [0.25, 0.3) is 0 Å². The maximum atomic E-state index is 13.3. The number of ether oxygens (including phenoxy) is 2. The van der Waals surface area contributed by atoms with Crippen molar-refractivity contribution in [2.45, 2.75) is 56.5 Å². The Bertz CT molecular complexity index is 945. The van der Waals surface area contributed by atoms with Crippen LogP contribution in [-0.4, -0.2) is 37.4 Å². The van der Waals surface area contributed by atoms with Gasteiger partial charge in [-0.05, 0) is 68.6 Å². The molecule has 2 aliphatic heterocycles. The molecule has 2 heterocycles. The van der Waals surface area contributed by atoms with Gasteiger partial charge in [-0.2, -0.15) is 26.3 Å². The van der Waals surface area contributed by atoms with Gasteiger partial charge in [0.2, 0.25) is 0 Å². The van der Waals surface area contributed by atoms with E-state index < -0.39 is 35.9 Å². The van der Waals surface area contributed by atoms with Crippen molar-refractivity contribution in [1.82, 2.24) is 4.90 Å². The quantitative estimate of drug-likeness (QED) is 0.441. The van der Waals surface area contributed by atoms with Gasteiger partial charge >= 0.3 is 12.4 Å². The zero-order valence-corrected chi connectivity index (χ0v) is 18.9. The second-order valence-corrected chi connectivity index (χ2v) is 9.08. The number of rotatable bonds is 5. The summed E-state index contributed by atoms with van der Waals surface area (Å²) >= 11 is 0. The summed E-state index contributed by atoms with van der Waals surface area (Å²) in [5.74, 6) is -0.00243. The first-order valence-corrected chi connectivity index (χ1v) is 11.3. The third-order valence-corrected chi connectivity index (χ3v) is 6.93. The SMILES string of the molecule is CC(O[C@H]1OCC[C@@H]([C@H]2CCN2C)[C@@H]1c1ccccc1)c1cc(C(F)(F)F)cc(C(F)(F)F)c1. The van der Waals surface area contributed by atoms with Crippen LogP contribution in [0.15, 0.2) is 48.5 Å². The second-order valence-electron chi connectivity index (χ2n) is 9.08. The number of hydrogen-bond acceptors (Lipinski definition) is 3. The molecule has 5 atom stereocenters. The molecule has 0 bridgehead atoms. The van der Waals surface area contributed by atoms with Crippen LogP contribution in [0.5, 0.6) is 0 Å². The number of alkyl halides is 6. The third-order valence-electron chi connectivity index (χ3n) is 6.93. The molecule has 2 fully saturated rings. The van der Waals surface area contributed by atoms with Gasteiger partial charge in [0.05, 0.1) is 23.8 Å². The fourth-order valence-electron chi connectivity index (χ4n) is 5.01. The fraction of sp³-hybridized carbons (Fsp3) is 0.520. The summed E-state index contributed by atoms with van der Waals surface area (Å²) in [7, 11) is 2.05. The largest absolute Gasteiger partial charge is 0.416 e. The van der Waals surface area contributed by atoms with E-state index in [0.717, 1.165) is 37.1 Å². The minimum atomic E-state index is -4.91. The summed E-state index contributed by atoms with van der Waals surface area (Å²) in [6.07, 6.45) is -9.85. The van der Waals surface area contributed by atoms with E-state index in [1.54, 1.807) is 0 Å². The van der Waals surface area contributed by atoms with Crippen molar-refractivity contribution >= 4 is 0 Å². The van der Waals surface area contributed by atoms with Gasteiger partial charge in [-0.25, -0.2) is 0 Å². The van der Waals surface area contributed by atoms with Crippen LogP contribution in [0.2, 0.25) is 0 Å². The van der Waals surface area contributed by atoms with E-state index in [2.05, 4.69) is 4.90 Å². The number of halogens is 6. The molecule has 0 aromatic heterocycles. The minimum Gasteiger partial charge on any atom is -0.352 e. The smallest absolute Gasteiger partial charge is 0.352 e. The van der Waals surface area contributed by atoms with Gasteiger partial charge in [-0.1, -0.05) is 30.3 Å². The Kier molecular flexibility index (Phi) is 6.99. The highest BCUT2D eigenvalue weighted by atomic mass is 19.4. The van der Waals surface area contributed by atoms with Crippen LogP contribution >= 0.6 is 0 Å². The third kappa shape index (κ3) is 5.26. The van der Waals surface area contributed by atoms with Crippen LogP contribution in [0.4, 0.5) is 26.3 Å². The van der Waals surface area contributed by atoms with Crippen molar-refractivity contribution in [1.29, 1.82) is 0 Å². The van der Waals surface area contributed by atoms with E-state index in [1.165, 1.54) is 6.92 Å². The molecule has 0 aliphatic carbocycles.